The number of hydrogen-bond donors (Lipinski definition) is 1. The second-order valence-electron chi connectivity index (χ2n) is 4.38. The van der Waals surface area contributed by atoms with E-state index in [1.807, 2.05) is 6.92 Å². The van der Waals surface area contributed by atoms with Crippen LogP contribution in [0.5, 0.6) is 0 Å². The van der Waals surface area contributed by atoms with Crippen LogP contribution in [0.2, 0.25) is 0 Å². The Morgan fingerprint density at radius 3 is 2.41 bits per heavy atom. The zero-order valence-electron chi connectivity index (χ0n) is 10.5. The van der Waals surface area contributed by atoms with Gasteiger partial charge in [-0.2, -0.15) is 0 Å². The Bertz CT molecular complexity index is 499. The first-order valence-corrected chi connectivity index (χ1v) is 6.76. The zero-order valence-corrected chi connectivity index (χ0v) is 11.3. The molecular formula is C14H18N2S. The van der Waals surface area contributed by atoms with Crippen LogP contribution in [0, 0.1) is 6.92 Å². The van der Waals surface area contributed by atoms with E-state index < -0.39 is 0 Å². The molecule has 0 bridgehead atoms. The third-order valence-electron chi connectivity index (χ3n) is 3.13. The first-order valence-electron chi connectivity index (χ1n) is 5.95. The molecule has 1 unspecified atom stereocenters. The van der Waals surface area contributed by atoms with Gasteiger partial charge in [0.05, 0.1) is 5.01 Å². The van der Waals surface area contributed by atoms with Crippen LogP contribution in [-0.2, 0) is 0 Å². The molecule has 0 saturated carbocycles. The van der Waals surface area contributed by atoms with Crippen LogP contribution in [0.3, 0.4) is 0 Å². The first kappa shape index (κ1) is 12.1. The first-order chi connectivity index (χ1) is 8.11. The number of nitrogens with zero attached hydrogens (tertiary/aromatic N) is 1. The molecule has 0 fully saturated rings. The van der Waals surface area contributed by atoms with Crippen molar-refractivity contribution in [2.24, 2.45) is 0 Å². The molecule has 1 heterocycles. The van der Waals surface area contributed by atoms with Gasteiger partial charge in [0, 0.05) is 5.56 Å². The van der Waals surface area contributed by atoms with E-state index in [0.29, 0.717) is 5.92 Å². The molecule has 0 spiro atoms. The van der Waals surface area contributed by atoms with Crippen molar-refractivity contribution in [3.63, 3.8) is 0 Å². The molecule has 2 aromatic rings. The van der Waals surface area contributed by atoms with Crippen molar-refractivity contribution in [1.82, 2.24) is 4.98 Å². The summed E-state index contributed by atoms with van der Waals surface area (Å²) in [6.07, 6.45) is 1.16. The largest absolute Gasteiger partial charge is 0.389 e. The average molecular weight is 246 g/mol. The Labute approximate surface area is 107 Å². The lowest BCUT2D eigenvalue weighted by atomic mass is 9.97. The molecule has 0 radical (unpaired) electrons. The highest BCUT2D eigenvalue weighted by molar-refractivity contribution is 7.16. The minimum absolute atomic E-state index is 0.610. The fraction of sp³-hybridized carbons (Fsp3) is 0.357. The number of aryl methyl sites for hydroxylation is 1. The van der Waals surface area contributed by atoms with Crippen molar-refractivity contribution in [2.75, 3.05) is 5.73 Å². The predicted molar refractivity (Wildman–Crippen MR) is 75.4 cm³/mol. The molecule has 2 N–H and O–H groups in total. The van der Waals surface area contributed by atoms with E-state index >= 15 is 0 Å². The molecule has 0 aliphatic carbocycles. The number of anilines is 1. The van der Waals surface area contributed by atoms with Gasteiger partial charge in [-0.25, -0.2) is 4.98 Å². The van der Waals surface area contributed by atoms with Gasteiger partial charge in [0.2, 0.25) is 0 Å². The number of aromatic nitrogens is 1. The number of rotatable bonds is 3. The molecule has 1 aromatic carbocycles. The van der Waals surface area contributed by atoms with Gasteiger partial charge in [0.15, 0.2) is 0 Å². The van der Waals surface area contributed by atoms with Crippen molar-refractivity contribution in [2.45, 2.75) is 33.1 Å². The van der Waals surface area contributed by atoms with Gasteiger partial charge in [-0.15, -0.1) is 11.3 Å². The molecule has 0 saturated heterocycles. The van der Waals surface area contributed by atoms with Crippen molar-refractivity contribution in [1.29, 1.82) is 0 Å². The number of nitrogens with two attached hydrogens (primary N) is 1. The smallest absolute Gasteiger partial charge is 0.114 e. The van der Waals surface area contributed by atoms with Crippen LogP contribution in [0.1, 0.15) is 36.8 Å². The SMILES string of the molecule is CCC(C)c1ccc(-c2nc(C)sc2N)cc1. The van der Waals surface area contributed by atoms with E-state index in [1.165, 1.54) is 5.56 Å². The van der Waals surface area contributed by atoms with E-state index in [0.717, 1.165) is 27.7 Å². The maximum atomic E-state index is 5.95. The summed E-state index contributed by atoms with van der Waals surface area (Å²) < 4.78 is 0. The van der Waals surface area contributed by atoms with Crippen molar-refractivity contribution >= 4 is 16.3 Å². The number of nitrogen functional groups attached to an aromatic ring is 1. The lowest BCUT2D eigenvalue weighted by molar-refractivity contribution is 0.734. The second-order valence-corrected chi connectivity index (χ2v) is 5.61. The van der Waals surface area contributed by atoms with Gasteiger partial charge in [-0.3, -0.25) is 0 Å². The molecule has 17 heavy (non-hydrogen) atoms. The Kier molecular flexibility index (Phi) is 3.48. The summed E-state index contributed by atoms with van der Waals surface area (Å²) >= 11 is 1.55. The summed E-state index contributed by atoms with van der Waals surface area (Å²) in [5.74, 6) is 0.610. The van der Waals surface area contributed by atoms with Gasteiger partial charge in [0.25, 0.3) is 0 Å². The highest BCUT2D eigenvalue weighted by Crippen LogP contribution is 2.31. The molecule has 0 aliphatic rings. The molecule has 1 atom stereocenters. The normalized spacial score (nSPS) is 12.6. The van der Waals surface area contributed by atoms with Crippen LogP contribution < -0.4 is 5.73 Å². The van der Waals surface area contributed by atoms with Crippen molar-refractivity contribution in [3.8, 4) is 11.3 Å². The molecule has 3 heteroatoms. The summed E-state index contributed by atoms with van der Waals surface area (Å²) in [7, 11) is 0. The number of thiazole rings is 1. The molecule has 2 rings (SSSR count). The van der Waals surface area contributed by atoms with Crippen LogP contribution in [-0.4, -0.2) is 4.98 Å². The molecular weight excluding hydrogens is 228 g/mol. The monoisotopic (exact) mass is 246 g/mol. The van der Waals surface area contributed by atoms with E-state index in [9.17, 15) is 0 Å². The maximum absolute atomic E-state index is 5.95. The predicted octanol–water partition coefficient (Wildman–Crippen LogP) is 4.21. The fourth-order valence-electron chi connectivity index (χ4n) is 1.85. The van der Waals surface area contributed by atoms with E-state index in [4.69, 9.17) is 5.73 Å². The van der Waals surface area contributed by atoms with Gasteiger partial charge >= 0.3 is 0 Å². The third kappa shape index (κ3) is 2.50. The van der Waals surface area contributed by atoms with E-state index in [1.54, 1.807) is 11.3 Å². The minimum atomic E-state index is 0.610. The van der Waals surface area contributed by atoms with Gasteiger partial charge in [-0.05, 0) is 24.8 Å². The zero-order chi connectivity index (χ0) is 12.4. The van der Waals surface area contributed by atoms with E-state index in [2.05, 4.69) is 43.1 Å². The van der Waals surface area contributed by atoms with Crippen LogP contribution in [0.4, 0.5) is 5.00 Å². The summed E-state index contributed by atoms with van der Waals surface area (Å²) in [5, 5.41) is 1.82. The topological polar surface area (TPSA) is 38.9 Å². The second kappa shape index (κ2) is 4.88. The summed E-state index contributed by atoms with van der Waals surface area (Å²) in [6, 6.07) is 8.59. The molecule has 1 aromatic heterocycles. The van der Waals surface area contributed by atoms with Crippen LogP contribution in [0.25, 0.3) is 11.3 Å². The lowest BCUT2D eigenvalue weighted by Crippen LogP contribution is -1.91. The minimum Gasteiger partial charge on any atom is -0.389 e. The van der Waals surface area contributed by atoms with E-state index in [-0.39, 0.29) is 0 Å². The van der Waals surface area contributed by atoms with Gasteiger partial charge < -0.3 is 5.73 Å². The summed E-state index contributed by atoms with van der Waals surface area (Å²) in [5.41, 5.74) is 9.36. The molecule has 0 amide bonds. The van der Waals surface area contributed by atoms with Crippen LogP contribution in [0.15, 0.2) is 24.3 Å². The maximum Gasteiger partial charge on any atom is 0.114 e. The Morgan fingerprint density at radius 1 is 1.29 bits per heavy atom. The highest BCUT2D eigenvalue weighted by Gasteiger charge is 2.09. The van der Waals surface area contributed by atoms with Crippen LogP contribution >= 0.6 is 11.3 Å². The average Bonchev–Trinajstić information content (AvgIpc) is 2.68. The van der Waals surface area contributed by atoms with Gasteiger partial charge in [0.1, 0.15) is 10.7 Å². The number of hydrogen-bond acceptors (Lipinski definition) is 3. The van der Waals surface area contributed by atoms with Gasteiger partial charge in [-0.1, -0.05) is 38.1 Å². The Balaban J connectivity index is 2.32. The molecule has 0 aliphatic heterocycles. The highest BCUT2D eigenvalue weighted by atomic mass is 32.1. The number of benzene rings is 1. The summed E-state index contributed by atoms with van der Waals surface area (Å²) in [6.45, 7) is 6.44. The summed E-state index contributed by atoms with van der Waals surface area (Å²) in [4.78, 5) is 4.47. The quantitative estimate of drug-likeness (QED) is 0.881. The lowest BCUT2D eigenvalue weighted by Gasteiger charge is -2.09. The Morgan fingerprint density at radius 2 is 1.94 bits per heavy atom. The fourth-order valence-corrected chi connectivity index (χ4v) is 2.57. The van der Waals surface area contributed by atoms with Crippen molar-refractivity contribution < 1.29 is 0 Å². The standard InChI is InChI=1S/C14H18N2S/c1-4-9(2)11-5-7-12(8-6-11)13-14(15)17-10(3)16-13/h5-9H,4,15H2,1-3H3. The Hall–Kier alpha value is -1.35. The van der Waals surface area contributed by atoms with Crippen molar-refractivity contribution in [3.05, 3.63) is 34.8 Å². The molecule has 2 nitrogen and oxygen atoms in total. The molecule has 90 valence electrons. The third-order valence-corrected chi connectivity index (χ3v) is 3.93.